The molecular weight excluding hydrogens is 244 g/mol. The molecule has 0 bridgehead atoms. The predicted octanol–water partition coefficient (Wildman–Crippen LogP) is 0.782. The highest BCUT2D eigenvalue weighted by molar-refractivity contribution is 5.75. The lowest BCUT2D eigenvalue weighted by Crippen LogP contribution is -2.31. The normalized spacial score (nSPS) is 26.9. The Labute approximate surface area is 112 Å². The van der Waals surface area contributed by atoms with Gasteiger partial charge in [-0.05, 0) is 44.7 Å². The highest BCUT2D eigenvalue weighted by Crippen LogP contribution is 2.26. The van der Waals surface area contributed by atoms with Crippen LogP contribution in [-0.4, -0.2) is 38.9 Å². The molecule has 2 aliphatic heterocycles. The van der Waals surface area contributed by atoms with Crippen molar-refractivity contribution >= 4 is 5.97 Å². The van der Waals surface area contributed by atoms with E-state index >= 15 is 0 Å². The number of hydrogen-bond acceptors (Lipinski definition) is 4. The number of hydrogen-bond donors (Lipinski definition) is 2. The molecule has 0 amide bonds. The Morgan fingerprint density at radius 3 is 3.05 bits per heavy atom. The fourth-order valence-electron chi connectivity index (χ4n) is 3.08. The lowest BCUT2D eigenvalue weighted by molar-refractivity contribution is -0.139. The Balaban J connectivity index is 1.75. The fraction of sp³-hybridized carbons (Fsp3) is 0.769. The van der Waals surface area contributed by atoms with Gasteiger partial charge in [-0.15, -0.1) is 0 Å². The first kappa shape index (κ1) is 12.6. The van der Waals surface area contributed by atoms with Gasteiger partial charge in [-0.1, -0.05) is 0 Å². The summed E-state index contributed by atoms with van der Waals surface area (Å²) >= 11 is 0. The van der Waals surface area contributed by atoms with Gasteiger partial charge in [-0.3, -0.25) is 4.79 Å². The van der Waals surface area contributed by atoms with E-state index in [1.54, 1.807) is 4.68 Å². The molecule has 0 aromatic carbocycles. The maximum Gasteiger partial charge on any atom is 0.314 e. The van der Waals surface area contributed by atoms with Crippen molar-refractivity contribution in [2.75, 3.05) is 13.1 Å². The summed E-state index contributed by atoms with van der Waals surface area (Å²) in [6.07, 6.45) is 4.82. The van der Waals surface area contributed by atoms with Crippen LogP contribution in [0.2, 0.25) is 0 Å². The zero-order valence-corrected chi connectivity index (χ0v) is 11.0. The highest BCUT2D eigenvalue weighted by Gasteiger charge is 2.30. The molecule has 2 atom stereocenters. The van der Waals surface area contributed by atoms with Gasteiger partial charge in [0.2, 0.25) is 0 Å². The summed E-state index contributed by atoms with van der Waals surface area (Å²) in [5, 5.41) is 17.1. The minimum Gasteiger partial charge on any atom is -0.481 e. The van der Waals surface area contributed by atoms with Gasteiger partial charge in [-0.25, -0.2) is 9.67 Å². The van der Waals surface area contributed by atoms with Crippen molar-refractivity contribution in [2.45, 2.75) is 44.6 Å². The average molecular weight is 264 g/mol. The number of fused-ring (bicyclic) bond motifs is 1. The molecule has 2 N–H and O–H groups in total. The number of carbonyl (C=O) groups is 1. The van der Waals surface area contributed by atoms with Crippen LogP contribution in [0.5, 0.6) is 0 Å². The van der Waals surface area contributed by atoms with Crippen LogP contribution in [0, 0.1) is 5.92 Å². The number of piperidine rings is 1. The Bertz CT molecular complexity index is 465. The van der Waals surface area contributed by atoms with Gasteiger partial charge in [0.25, 0.3) is 0 Å². The van der Waals surface area contributed by atoms with Gasteiger partial charge < -0.3 is 10.4 Å². The van der Waals surface area contributed by atoms with E-state index in [9.17, 15) is 9.90 Å². The van der Waals surface area contributed by atoms with Gasteiger partial charge in [-0.2, -0.15) is 5.10 Å². The van der Waals surface area contributed by atoms with E-state index in [2.05, 4.69) is 15.4 Å². The molecule has 19 heavy (non-hydrogen) atoms. The largest absolute Gasteiger partial charge is 0.481 e. The summed E-state index contributed by atoms with van der Waals surface area (Å²) in [5.74, 6) is 0.801. The zero-order valence-electron chi connectivity index (χ0n) is 11.0. The highest BCUT2D eigenvalue weighted by atomic mass is 16.4. The molecule has 1 aromatic rings. The smallest absolute Gasteiger partial charge is 0.314 e. The number of aryl methyl sites for hydroxylation is 1. The van der Waals surface area contributed by atoms with Gasteiger partial charge in [0.05, 0.1) is 0 Å². The Hall–Kier alpha value is -1.43. The molecule has 1 aromatic heterocycles. The second kappa shape index (κ2) is 5.28. The van der Waals surface area contributed by atoms with Crippen LogP contribution in [0.3, 0.4) is 0 Å². The summed E-state index contributed by atoms with van der Waals surface area (Å²) < 4.78 is 1.80. The number of aromatic nitrogens is 3. The van der Waals surface area contributed by atoms with Crippen LogP contribution in [0.15, 0.2) is 0 Å². The molecule has 6 nitrogen and oxygen atoms in total. The van der Waals surface area contributed by atoms with E-state index in [1.165, 1.54) is 12.8 Å². The second-order valence-electron chi connectivity index (χ2n) is 5.56. The Morgan fingerprint density at radius 2 is 2.32 bits per heavy atom. The molecular formula is C13H20N4O2. The van der Waals surface area contributed by atoms with E-state index in [-0.39, 0.29) is 0 Å². The van der Waals surface area contributed by atoms with Gasteiger partial charge in [0.1, 0.15) is 11.7 Å². The molecule has 0 radical (unpaired) electrons. The molecule has 3 rings (SSSR count). The molecule has 6 heteroatoms. The van der Waals surface area contributed by atoms with Crippen molar-refractivity contribution in [3.8, 4) is 0 Å². The monoisotopic (exact) mass is 264 g/mol. The van der Waals surface area contributed by atoms with Crippen LogP contribution in [0.25, 0.3) is 0 Å². The minimum atomic E-state index is -0.778. The molecule has 1 fully saturated rings. The van der Waals surface area contributed by atoms with E-state index in [0.717, 1.165) is 38.3 Å². The standard InChI is InChI=1S/C13H20N4O2/c18-13(19)10-4-2-6-17-12(10)15-11(16-17)7-9-3-1-5-14-8-9/h9-10,14H,1-8H2,(H,18,19). The van der Waals surface area contributed by atoms with Crippen LogP contribution in [0.4, 0.5) is 0 Å². The number of nitrogens with zero attached hydrogens (tertiary/aromatic N) is 3. The first-order valence-corrected chi connectivity index (χ1v) is 7.11. The molecule has 0 aliphatic carbocycles. The third-order valence-electron chi connectivity index (χ3n) is 4.09. The Morgan fingerprint density at radius 1 is 1.42 bits per heavy atom. The number of rotatable bonds is 3. The molecule has 1 saturated heterocycles. The van der Waals surface area contributed by atoms with Gasteiger partial charge in [0, 0.05) is 13.0 Å². The summed E-state index contributed by atoms with van der Waals surface area (Å²) in [5.41, 5.74) is 0. The lowest BCUT2D eigenvalue weighted by Gasteiger charge is -2.21. The van der Waals surface area contributed by atoms with Crippen molar-refractivity contribution in [3.63, 3.8) is 0 Å². The molecule has 2 unspecified atom stereocenters. The van der Waals surface area contributed by atoms with Crippen LogP contribution < -0.4 is 5.32 Å². The van der Waals surface area contributed by atoms with Gasteiger partial charge >= 0.3 is 5.97 Å². The SMILES string of the molecule is O=C(O)C1CCCn2nc(CC3CCCNC3)nc21. The fourth-order valence-corrected chi connectivity index (χ4v) is 3.08. The molecule has 0 spiro atoms. The van der Waals surface area contributed by atoms with Crippen molar-refractivity contribution in [3.05, 3.63) is 11.6 Å². The minimum absolute atomic E-state index is 0.473. The third-order valence-corrected chi connectivity index (χ3v) is 4.09. The summed E-state index contributed by atoms with van der Waals surface area (Å²) in [4.78, 5) is 15.7. The predicted molar refractivity (Wildman–Crippen MR) is 68.9 cm³/mol. The van der Waals surface area contributed by atoms with Crippen LogP contribution in [-0.2, 0) is 17.8 Å². The topological polar surface area (TPSA) is 80.0 Å². The molecule has 104 valence electrons. The van der Waals surface area contributed by atoms with E-state index in [1.807, 2.05) is 0 Å². The van der Waals surface area contributed by atoms with Crippen molar-refractivity contribution in [2.24, 2.45) is 5.92 Å². The van der Waals surface area contributed by atoms with Gasteiger partial charge in [0.15, 0.2) is 5.82 Å². The quantitative estimate of drug-likeness (QED) is 0.843. The van der Waals surface area contributed by atoms with Crippen molar-refractivity contribution < 1.29 is 9.90 Å². The van der Waals surface area contributed by atoms with E-state index in [0.29, 0.717) is 18.2 Å². The third kappa shape index (κ3) is 2.63. The first-order chi connectivity index (χ1) is 9.24. The van der Waals surface area contributed by atoms with Crippen molar-refractivity contribution in [1.29, 1.82) is 0 Å². The molecule has 2 aliphatic rings. The van der Waals surface area contributed by atoms with Crippen LogP contribution >= 0.6 is 0 Å². The zero-order chi connectivity index (χ0) is 13.2. The number of aliphatic carboxylic acids is 1. The first-order valence-electron chi connectivity index (χ1n) is 7.11. The summed E-state index contributed by atoms with van der Waals surface area (Å²) in [7, 11) is 0. The van der Waals surface area contributed by atoms with E-state index in [4.69, 9.17) is 0 Å². The summed E-state index contributed by atoms with van der Waals surface area (Å²) in [6.45, 7) is 2.92. The molecule has 3 heterocycles. The Kier molecular flexibility index (Phi) is 3.50. The maximum atomic E-state index is 11.2. The average Bonchev–Trinajstić information content (AvgIpc) is 2.81. The second-order valence-corrected chi connectivity index (χ2v) is 5.56. The van der Waals surface area contributed by atoms with Crippen molar-refractivity contribution in [1.82, 2.24) is 20.1 Å². The maximum absolute atomic E-state index is 11.2. The molecule has 0 saturated carbocycles. The lowest BCUT2D eigenvalue weighted by atomic mass is 9.96. The van der Waals surface area contributed by atoms with E-state index < -0.39 is 11.9 Å². The van der Waals surface area contributed by atoms with Crippen LogP contribution in [0.1, 0.15) is 43.3 Å². The summed E-state index contributed by atoms with van der Waals surface area (Å²) in [6, 6.07) is 0. The number of carboxylic acids is 1. The number of nitrogens with one attached hydrogen (secondary N) is 1. The number of carboxylic acid groups (broad SMARTS) is 1.